The molecule has 0 radical (unpaired) electrons. The SMILES string of the molecule is O=C(O)C1CN(Cc2ccccc2)c2ccccc2O1. The van der Waals surface area contributed by atoms with E-state index in [1.165, 1.54) is 0 Å². The normalized spacial score (nSPS) is 17.2. The smallest absolute Gasteiger partial charge is 0.346 e. The summed E-state index contributed by atoms with van der Waals surface area (Å²) in [6.45, 7) is 1.02. The molecule has 0 saturated carbocycles. The lowest BCUT2D eigenvalue weighted by Crippen LogP contribution is -2.44. The molecule has 1 aliphatic heterocycles. The van der Waals surface area contributed by atoms with Crippen molar-refractivity contribution in [2.45, 2.75) is 12.6 Å². The lowest BCUT2D eigenvalue weighted by Gasteiger charge is -2.34. The third-order valence-electron chi connectivity index (χ3n) is 3.35. The van der Waals surface area contributed by atoms with E-state index in [1.54, 1.807) is 0 Å². The fourth-order valence-electron chi connectivity index (χ4n) is 2.39. The summed E-state index contributed by atoms with van der Waals surface area (Å²) in [5.41, 5.74) is 2.09. The maximum Gasteiger partial charge on any atom is 0.346 e. The average Bonchev–Trinajstić information content (AvgIpc) is 2.48. The molecule has 3 rings (SSSR count). The molecule has 0 saturated heterocycles. The van der Waals surface area contributed by atoms with Gasteiger partial charge in [0.15, 0.2) is 0 Å². The molecule has 4 nitrogen and oxygen atoms in total. The number of rotatable bonds is 3. The molecule has 20 heavy (non-hydrogen) atoms. The Morgan fingerprint density at radius 3 is 2.60 bits per heavy atom. The van der Waals surface area contributed by atoms with Crippen molar-refractivity contribution >= 4 is 11.7 Å². The second-order valence-corrected chi connectivity index (χ2v) is 4.78. The summed E-state index contributed by atoms with van der Waals surface area (Å²) in [5, 5.41) is 9.20. The van der Waals surface area contributed by atoms with E-state index in [4.69, 9.17) is 4.74 Å². The number of carbonyl (C=O) groups is 1. The predicted octanol–water partition coefficient (Wildman–Crippen LogP) is 2.54. The molecule has 102 valence electrons. The zero-order valence-corrected chi connectivity index (χ0v) is 10.9. The minimum absolute atomic E-state index is 0.348. The molecule has 4 heteroatoms. The molecule has 0 aliphatic carbocycles. The van der Waals surface area contributed by atoms with Gasteiger partial charge in [0.05, 0.1) is 12.2 Å². The maximum absolute atomic E-state index is 11.2. The number of hydrogen-bond donors (Lipinski definition) is 1. The van der Waals surface area contributed by atoms with Gasteiger partial charge in [-0.3, -0.25) is 0 Å². The molecular formula is C16H15NO3. The molecule has 1 heterocycles. The summed E-state index contributed by atoms with van der Waals surface area (Å²) >= 11 is 0. The highest BCUT2D eigenvalue weighted by molar-refractivity contribution is 5.76. The summed E-state index contributed by atoms with van der Waals surface area (Å²) in [4.78, 5) is 13.3. The second kappa shape index (κ2) is 5.25. The zero-order valence-electron chi connectivity index (χ0n) is 10.9. The quantitative estimate of drug-likeness (QED) is 0.930. The Kier molecular flexibility index (Phi) is 3.29. The summed E-state index contributed by atoms with van der Waals surface area (Å²) < 4.78 is 5.52. The highest BCUT2D eigenvalue weighted by atomic mass is 16.5. The number of anilines is 1. The van der Waals surface area contributed by atoms with Gasteiger partial charge in [-0.2, -0.15) is 0 Å². The molecule has 1 N–H and O–H groups in total. The Bertz CT molecular complexity index is 612. The van der Waals surface area contributed by atoms with Gasteiger partial charge >= 0.3 is 5.97 Å². The number of ether oxygens (including phenoxy) is 1. The Labute approximate surface area is 117 Å². The van der Waals surface area contributed by atoms with E-state index in [0.29, 0.717) is 18.8 Å². The van der Waals surface area contributed by atoms with Crippen LogP contribution in [-0.4, -0.2) is 23.7 Å². The number of benzene rings is 2. The number of carboxylic acid groups (broad SMARTS) is 1. The molecule has 1 aliphatic rings. The number of fused-ring (bicyclic) bond motifs is 1. The van der Waals surface area contributed by atoms with Crippen LogP contribution in [0.2, 0.25) is 0 Å². The lowest BCUT2D eigenvalue weighted by molar-refractivity contribution is -0.144. The Morgan fingerprint density at radius 2 is 1.85 bits per heavy atom. The van der Waals surface area contributed by atoms with E-state index in [0.717, 1.165) is 11.3 Å². The summed E-state index contributed by atoms with van der Waals surface area (Å²) in [7, 11) is 0. The van der Waals surface area contributed by atoms with Gasteiger partial charge in [0, 0.05) is 6.54 Å². The molecule has 0 fully saturated rings. The van der Waals surface area contributed by atoms with Gasteiger partial charge in [0.1, 0.15) is 5.75 Å². The fourth-order valence-corrected chi connectivity index (χ4v) is 2.39. The van der Waals surface area contributed by atoms with E-state index in [9.17, 15) is 9.90 Å². The van der Waals surface area contributed by atoms with Crippen molar-refractivity contribution in [3.63, 3.8) is 0 Å². The Morgan fingerprint density at radius 1 is 1.15 bits per heavy atom. The minimum atomic E-state index is -0.933. The number of hydrogen-bond acceptors (Lipinski definition) is 3. The van der Waals surface area contributed by atoms with Gasteiger partial charge in [-0.15, -0.1) is 0 Å². The fraction of sp³-hybridized carbons (Fsp3) is 0.188. The van der Waals surface area contributed by atoms with E-state index in [1.807, 2.05) is 59.5 Å². The van der Waals surface area contributed by atoms with Crippen LogP contribution in [0.25, 0.3) is 0 Å². The van der Waals surface area contributed by atoms with E-state index >= 15 is 0 Å². The first kappa shape index (κ1) is 12.5. The second-order valence-electron chi connectivity index (χ2n) is 4.78. The largest absolute Gasteiger partial charge is 0.478 e. The first-order valence-electron chi connectivity index (χ1n) is 6.51. The number of para-hydroxylation sites is 2. The van der Waals surface area contributed by atoms with Crippen LogP contribution in [-0.2, 0) is 11.3 Å². The lowest BCUT2D eigenvalue weighted by atomic mass is 10.1. The van der Waals surface area contributed by atoms with E-state index in [2.05, 4.69) is 0 Å². The van der Waals surface area contributed by atoms with Crippen LogP contribution < -0.4 is 9.64 Å². The van der Waals surface area contributed by atoms with Crippen molar-refractivity contribution in [3.8, 4) is 5.75 Å². The third-order valence-corrected chi connectivity index (χ3v) is 3.35. The van der Waals surface area contributed by atoms with Crippen LogP contribution in [0.4, 0.5) is 5.69 Å². The summed E-state index contributed by atoms with van der Waals surface area (Å²) in [6, 6.07) is 17.6. The predicted molar refractivity (Wildman–Crippen MR) is 76.0 cm³/mol. The van der Waals surface area contributed by atoms with Crippen LogP contribution in [0.1, 0.15) is 5.56 Å². The van der Waals surface area contributed by atoms with Crippen molar-refractivity contribution in [2.24, 2.45) is 0 Å². The molecule has 0 spiro atoms. The van der Waals surface area contributed by atoms with Gasteiger partial charge in [0.25, 0.3) is 0 Å². The first-order valence-corrected chi connectivity index (χ1v) is 6.51. The number of aliphatic carboxylic acids is 1. The molecule has 2 aromatic carbocycles. The molecule has 0 aromatic heterocycles. The van der Waals surface area contributed by atoms with Gasteiger partial charge in [-0.05, 0) is 17.7 Å². The van der Waals surface area contributed by atoms with Crippen molar-refractivity contribution in [2.75, 3.05) is 11.4 Å². The molecule has 0 bridgehead atoms. The van der Waals surface area contributed by atoms with Crippen LogP contribution in [0.5, 0.6) is 5.75 Å². The van der Waals surface area contributed by atoms with Crippen molar-refractivity contribution in [1.82, 2.24) is 0 Å². The zero-order chi connectivity index (χ0) is 13.9. The molecular weight excluding hydrogens is 254 g/mol. The van der Waals surface area contributed by atoms with Crippen LogP contribution in [0.3, 0.4) is 0 Å². The van der Waals surface area contributed by atoms with Crippen molar-refractivity contribution < 1.29 is 14.6 Å². The van der Waals surface area contributed by atoms with Crippen molar-refractivity contribution in [1.29, 1.82) is 0 Å². The minimum Gasteiger partial charge on any atom is -0.478 e. The standard InChI is InChI=1S/C16H15NO3/c18-16(19)15-11-17(10-12-6-2-1-3-7-12)13-8-4-5-9-14(13)20-15/h1-9,15H,10-11H2,(H,18,19). The molecule has 2 aromatic rings. The third kappa shape index (κ3) is 2.45. The summed E-state index contributed by atoms with van der Waals surface area (Å²) in [6.07, 6.45) is -0.825. The van der Waals surface area contributed by atoms with Gasteiger partial charge in [-0.25, -0.2) is 4.79 Å². The first-order chi connectivity index (χ1) is 9.74. The van der Waals surface area contributed by atoms with Crippen LogP contribution >= 0.6 is 0 Å². The monoisotopic (exact) mass is 269 g/mol. The van der Waals surface area contributed by atoms with Crippen LogP contribution in [0, 0.1) is 0 Å². The van der Waals surface area contributed by atoms with Gasteiger partial charge < -0.3 is 14.7 Å². The van der Waals surface area contributed by atoms with E-state index in [-0.39, 0.29) is 0 Å². The van der Waals surface area contributed by atoms with E-state index < -0.39 is 12.1 Å². The van der Waals surface area contributed by atoms with Gasteiger partial charge in [0.2, 0.25) is 6.10 Å². The Hall–Kier alpha value is -2.49. The Balaban J connectivity index is 1.91. The topological polar surface area (TPSA) is 49.8 Å². The highest BCUT2D eigenvalue weighted by Gasteiger charge is 2.30. The molecule has 1 atom stereocenters. The number of nitrogens with zero attached hydrogens (tertiary/aromatic N) is 1. The highest BCUT2D eigenvalue weighted by Crippen LogP contribution is 2.34. The molecule has 1 unspecified atom stereocenters. The maximum atomic E-state index is 11.2. The average molecular weight is 269 g/mol. The van der Waals surface area contributed by atoms with Gasteiger partial charge in [-0.1, -0.05) is 42.5 Å². The van der Waals surface area contributed by atoms with Crippen LogP contribution in [0.15, 0.2) is 54.6 Å². The number of carboxylic acids is 1. The summed E-state index contributed by atoms with van der Waals surface area (Å²) in [5.74, 6) is -0.306. The molecule has 0 amide bonds. The van der Waals surface area contributed by atoms with Crippen molar-refractivity contribution in [3.05, 3.63) is 60.2 Å².